The second-order valence-corrected chi connectivity index (χ2v) is 4.09. The van der Waals surface area contributed by atoms with Gasteiger partial charge in [0.25, 0.3) is 0 Å². The Morgan fingerprint density at radius 1 is 1.24 bits per heavy atom. The highest BCUT2D eigenvalue weighted by Gasteiger charge is 2.42. The van der Waals surface area contributed by atoms with Gasteiger partial charge in [0.2, 0.25) is 0 Å². The first-order valence-corrected chi connectivity index (χ1v) is 5.45. The Morgan fingerprint density at radius 2 is 1.88 bits per heavy atom. The van der Waals surface area contributed by atoms with E-state index in [9.17, 15) is 22.8 Å². The molecule has 0 bridgehead atoms. The van der Waals surface area contributed by atoms with Crippen LogP contribution in [0.25, 0.3) is 0 Å². The lowest BCUT2D eigenvalue weighted by molar-refractivity contribution is -0.185. The molecular weight excluding hydrogens is 237 g/mol. The molecule has 98 valence electrons. The fraction of sp³-hybridized carbons (Fsp3) is 0.800. The molecular formula is C10H15F3N2O2. The summed E-state index contributed by atoms with van der Waals surface area (Å²) >= 11 is 0. The van der Waals surface area contributed by atoms with Crippen molar-refractivity contribution in [1.82, 2.24) is 4.90 Å². The van der Waals surface area contributed by atoms with Crippen molar-refractivity contribution in [1.29, 1.82) is 0 Å². The predicted octanol–water partition coefficient (Wildman–Crippen LogP) is 0.705. The molecule has 0 aromatic rings. The normalized spacial score (nSPS) is 22.1. The van der Waals surface area contributed by atoms with Crippen LogP contribution in [0, 0.1) is 5.92 Å². The SMILES string of the molecule is NCC(=O)C1CCCN(C(=O)C(F)(F)F)CC1. The quantitative estimate of drug-likeness (QED) is 0.787. The lowest BCUT2D eigenvalue weighted by atomic mass is 9.96. The van der Waals surface area contributed by atoms with Crippen LogP contribution in [0.5, 0.6) is 0 Å². The third kappa shape index (κ3) is 3.69. The minimum Gasteiger partial charge on any atom is -0.335 e. The number of nitrogens with two attached hydrogens (primary N) is 1. The van der Waals surface area contributed by atoms with Crippen molar-refractivity contribution in [3.63, 3.8) is 0 Å². The van der Waals surface area contributed by atoms with Gasteiger partial charge in [-0.2, -0.15) is 13.2 Å². The average molecular weight is 252 g/mol. The van der Waals surface area contributed by atoms with Gasteiger partial charge in [0.05, 0.1) is 6.54 Å². The number of amides is 1. The van der Waals surface area contributed by atoms with E-state index >= 15 is 0 Å². The topological polar surface area (TPSA) is 63.4 Å². The molecule has 1 saturated heterocycles. The summed E-state index contributed by atoms with van der Waals surface area (Å²) in [6, 6.07) is 0. The lowest BCUT2D eigenvalue weighted by Gasteiger charge is -2.21. The number of likely N-dealkylation sites (tertiary alicyclic amines) is 1. The summed E-state index contributed by atoms with van der Waals surface area (Å²) in [5.41, 5.74) is 5.21. The standard InChI is InChI=1S/C10H15F3N2O2/c11-10(12,13)9(17)15-4-1-2-7(3-5-15)8(16)6-14/h7H,1-6,14H2. The number of carbonyl (C=O) groups is 2. The molecule has 0 aromatic carbocycles. The van der Waals surface area contributed by atoms with E-state index in [1.807, 2.05) is 0 Å². The molecule has 1 rings (SSSR count). The summed E-state index contributed by atoms with van der Waals surface area (Å²) in [6.07, 6.45) is -3.68. The third-order valence-corrected chi connectivity index (χ3v) is 2.91. The second-order valence-electron chi connectivity index (χ2n) is 4.09. The summed E-state index contributed by atoms with van der Waals surface area (Å²) in [6.45, 7) is -0.0840. The Balaban J connectivity index is 2.59. The molecule has 1 amide bonds. The summed E-state index contributed by atoms with van der Waals surface area (Å²) in [4.78, 5) is 23.1. The van der Waals surface area contributed by atoms with Crippen molar-refractivity contribution in [2.45, 2.75) is 25.4 Å². The van der Waals surface area contributed by atoms with Gasteiger partial charge in [-0.15, -0.1) is 0 Å². The number of carbonyl (C=O) groups excluding carboxylic acids is 2. The first kappa shape index (κ1) is 14.0. The maximum Gasteiger partial charge on any atom is 0.471 e. The molecule has 0 aromatic heterocycles. The Morgan fingerprint density at radius 3 is 2.41 bits per heavy atom. The summed E-state index contributed by atoms with van der Waals surface area (Å²) in [7, 11) is 0. The molecule has 17 heavy (non-hydrogen) atoms. The molecule has 0 aliphatic carbocycles. The van der Waals surface area contributed by atoms with Crippen LogP contribution in [-0.4, -0.2) is 42.4 Å². The highest BCUT2D eigenvalue weighted by molar-refractivity contribution is 5.83. The Labute approximate surface area is 96.9 Å². The van der Waals surface area contributed by atoms with Crippen molar-refractivity contribution in [3.8, 4) is 0 Å². The van der Waals surface area contributed by atoms with E-state index in [-0.39, 0.29) is 37.8 Å². The van der Waals surface area contributed by atoms with Gasteiger partial charge < -0.3 is 10.6 Å². The van der Waals surface area contributed by atoms with Crippen LogP contribution in [0.15, 0.2) is 0 Å². The van der Waals surface area contributed by atoms with E-state index in [0.717, 1.165) is 4.90 Å². The van der Waals surface area contributed by atoms with Crippen molar-refractivity contribution in [3.05, 3.63) is 0 Å². The van der Waals surface area contributed by atoms with E-state index in [1.165, 1.54) is 0 Å². The number of hydrogen-bond acceptors (Lipinski definition) is 3. The summed E-state index contributed by atoms with van der Waals surface area (Å²) < 4.78 is 36.6. The number of halogens is 3. The van der Waals surface area contributed by atoms with Crippen LogP contribution in [0.3, 0.4) is 0 Å². The van der Waals surface area contributed by atoms with Crippen molar-refractivity contribution >= 4 is 11.7 Å². The van der Waals surface area contributed by atoms with E-state index in [1.54, 1.807) is 0 Å². The number of ketones is 1. The fourth-order valence-electron chi connectivity index (χ4n) is 1.97. The van der Waals surface area contributed by atoms with Gasteiger partial charge in [-0.05, 0) is 19.3 Å². The van der Waals surface area contributed by atoms with Crippen LogP contribution in [-0.2, 0) is 9.59 Å². The minimum atomic E-state index is -4.84. The molecule has 4 nitrogen and oxygen atoms in total. The number of Topliss-reactive ketones (excluding diaryl/α,β-unsaturated/α-hetero) is 1. The molecule has 1 aliphatic heterocycles. The Bertz CT molecular complexity index is 304. The van der Waals surface area contributed by atoms with Gasteiger partial charge >= 0.3 is 12.1 Å². The fourth-order valence-corrected chi connectivity index (χ4v) is 1.97. The van der Waals surface area contributed by atoms with Crippen LogP contribution in [0.2, 0.25) is 0 Å². The first-order valence-electron chi connectivity index (χ1n) is 5.45. The predicted molar refractivity (Wildman–Crippen MR) is 54.0 cm³/mol. The molecule has 0 radical (unpaired) electrons. The van der Waals surface area contributed by atoms with E-state index < -0.39 is 12.1 Å². The Hall–Kier alpha value is -1.11. The minimum absolute atomic E-state index is 0.0330. The molecule has 1 heterocycles. The molecule has 0 saturated carbocycles. The number of rotatable bonds is 2. The first-order chi connectivity index (χ1) is 7.86. The second kappa shape index (κ2) is 5.48. The summed E-state index contributed by atoms with van der Waals surface area (Å²) in [5, 5.41) is 0. The van der Waals surface area contributed by atoms with Crippen molar-refractivity contribution in [2.75, 3.05) is 19.6 Å². The maximum absolute atomic E-state index is 12.2. The number of hydrogen-bond donors (Lipinski definition) is 1. The molecule has 1 aliphatic rings. The van der Waals surface area contributed by atoms with Gasteiger partial charge in [0.15, 0.2) is 0 Å². The molecule has 2 N–H and O–H groups in total. The van der Waals surface area contributed by atoms with Crippen molar-refractivity contribution < 1.29 is 22.8 Å². The van der Waals surface area contributed by atoms with Gasteiger partial charge in [0, 0.05) is 19.0 Å². The smallest absolute Gasteiger partial charge is 0.335 e. The highest BCUT2D eigenvalue weighted by atomic mass is 19.4. The van der Waals surface area contributed by atoms with Crippen LogP contribution in [0.1, 0.15) is 19.3 Å². The van der Waals surface area contributed by atoms with Gasteiger partial charge in [-0.1, -0.05) is 0 Å². The maximum atomic E-state index is 12.2. The third-order valence-electron chi connectivity index (χ3n) is 2.91. The van der Waals surface area contributed by atoms with Crippen LogP contribution >= 0.6 is 0 Å². The van der Waals surface area contributed by atoms with E-state index in [2.05, 4.69) is 0 Å². The monoisotopic (exact) mass is 252 g/mol. The lowest BCUT2D eigenvalue weighted by Crippen LogP contribution is -2.41. The molecule has 1 unspecified atom stereocenters. The molecule has 7 heteroatoms. The zero-order chi connectivity index (χ0) is 13.1. The van der Waals surface area contributed by atoms with E-state index in [0.29, 0.717) is 12.8 Å². The van der Waals surface area contributed by atoms with Gasteiger partial charge in [-0.3, -0.25) is 9.59 Å². The van der Waals surface area contributed by atoms with Gasteiger partial charge in [-0.25, -0.2) is 0 Å². The van der Waals surface area contributed by atoms with Crippen molar-refractivity contribution in [2.24, 2.45) is 11.7 Å². The average Bonchev–Trinajstić information content (AvgIpc) is 2.51. The Kier molecular flexibility index (Phi) is 4.50. The van der Waals surface area contributed by atoms with E-state index in [4.69, 9.17) is 5.73 Å². The van der Waals surface area contributed by atoms with Crippen LogP contribution < -0.4 is 5.73 Å². The number of alkyl halides is 3. The van der Waals surface area contributed by atoms with Crippen LogP contribution in [0.4, 0.5) is 13.2 Å². The zero-order valence-electron chi connectivity index (χ0n) is 9.29. The largest absolute Gasteiger partial charge is 0.471 e. The molecule has 1 fully saturated rings. The zero-order valence-corrected chi connectivity index (χ0v) is 9.29. The number of nitrogens with zero attached hydrogens (tertiary/aromatic N) is 1. The van der Waals surface area contributed by atoms with Gasteiger partial charge in [0.1, 0.15) is 5.78 Å². The molecule has 1 atom stereocenters. The summed E-state index contributed by atoms with van der Waals surface area (Å²) in [5.74, 6) is -2.28. The highest BCUT2D eigenvalue weighted by Crippen LogP contribution is 2.23. The molecule has 0 spiro atoms.